The highest BCUT2D eigenvalue weighted by atomic mass is 32.2. The number of halogens is 1. The van der Waals surface area contributed by atoms with Crippen molar-refractivity contribution in [1.82, 2.24) is 9.29 Å². The molecule has 0 aliphatic carbocycles. The fourth-order valence-electron chi connectivity index (χ4n) is 3.48. The number of piperidine rings is 1. The van der Waals surface area contributed by atoms with E-state index in [2.05, 4.69) is 4.98 Å². The third kappa shape index (κ3) is 2.40. The van der Waals surface area contributed by atoms with Crippen LogP contribution >= 0.6 is 0 Å². The van der Waals surface area contributed by atoms with Crippen molar-refractivity contribution in [2.75, 3.05) is 18.0 Å². The van der Waals surface area contributed by atoms with Crippen LogP contribution in [-0.2, 0) is 10.0 Å². The molecule has 120 valence electrons. The SMILES string of the molecule is O=S(=O)(c1ccccc1)N1C2CC1CN(c1ccnc(F)c1)C2. The van der Waals surface area contributed by atoms with E-state index in [0.29, 0.717) is 18.0 Å². The van der Waals surface area contributed by atoms with E-state index in [-0.39, 0.29) is 12.1 Å². The minimum atomic E-state index is -3.45. The van der Waals surface area contributed by atoms with E-state index in [1.165, 1.54) is 12.3 Å². The predicted molar refractivity (Wildman–Crippen MR) is 84.1 cm³/mol. The molecule has 5 rings (SSSR count). The number of anilines is 1. The molecule has 3 saturated heterocycles. The third-order valence-corrected chi connectivity index (χ3v) is 6.54. The number of benzene rings is 1. The lowest BCUT2D eigenvalue weighted by molar-refractivity contribution is 0.0878. The first kappa shape index (κ1) is 14.6. The summed E-state index contributed by atoms with van der Waals surface area (Å²) in [6, 6.07) is 11.5. The summed E-state index contributed by atoms with van der Waals surface area (Å²) in [4.78, 5) is 5.92. The molecule has 0 N–H and O–H groups in total. The highest BCUT2D eigenvalue weighted by Crippen LogP contribution is 2.38. The molecule has 0 radical (unpaired) electrons. The van der Waals surface area contributed by atoms with Gasteiger partial charge in [-0.2, -0.15) is 8.70 Å². The van der Waals surface area contributed by atoms with E-state index in [1.807, 2.05) is 4.90 Å². The normalized spacial score (nSPS) is 24.3. The number of aromatic nitrogens is 1. The molecule has 2 unspecified atom stereocenters. The second-order valence-electron chi connectivity index (χ2n) is 5.93. The van der Waals surface area contributed by atoms with Crippen molar-refractivity contribution in [3.05, 3.63) is 54.6 Å². The Bertz CT molecular complexity index is 816. The van der Waals surface area contributed by atoms with Crippen LogP contribution in [0.2, 0.25) is 0 Å². The van der Waals surface area contributed by atoms with E-state index < -0.39 is 16.0 Å². The van der Waals surface area contributed by atoms with Crippen molar-refractivity contribution >= 4 is 15.7 Å². The Morgan fingerprint density at radius 1 is 1.09 bits per heavy atom. The lowest BCUT2D eigenvalue weighted by Gasteiger charge is -2.55. The lowest BCUT2D eigenvalue weighted by atomic mass is 9.91. The van der Waals surface area contributed by atoms with Gasteiger partial charge in [-0.3, -0.25) is 0 Å². The monoisotopic (exact) mass is 333 g/mol. The molecule has 0 spiro atoms. The van der Waals surface area contributed by atoms with Gasteiger partial charge in [-0.05, 0) is 24.6 Å². The molecule has 2 bridgehead atoms. The Morgan fingerprint density at radius 3 is 2.43 bits per heavy atom. The molecule has 0 saturated carbocycles. The molecule has 0 amide bonds. The summed E-state index contributed by atoms with van der Waals surface area (Å²) in [5.41, 5.74) is 0.754. The van der Waals surface area contributed by atoms with Gasteiger partial charge in [-0.25, -0.2) is 13.4 Å². The molecule has 7 heteroatoms. The summed E-state index contributed by atoms with van der Waals surface area (Å²) in [5.74, 6) is -0.518. The summed E-state index contributed by atoms with van der Waals surface area (Å²) >= 11 is 0. The van der Waals surface area contributed by atoms with E-state index >= 15 is 0 Å². The second-order valence-corrected chi connectivity index (χ2v) is 7.78. The second kappa shape index (κ2) is 5.28. The minimum Gasteiger partial charge on any atom is -0.368 e. The Balaban J connectivity index is 1.56. The van der Waals surface area contributed by atoms with Crippen LogP contribution in [0, 0.1) is 5.95 Å². The van der Waals surface area contributed by atoms with Gasteiger partial charge < -0.3 is 4.90 Å². The maximum atomic E-state index is 13.3. The Hall–Kier alpha value is -1.99. The Kier molecular flexibility index (Phi) is 3.35. The number of hydrogen-bond acceptors (Lipinski definition) is 4. The fourth-order valence-corrected chi connectivity index (χ4v) is 5.32. The summed E-state index contributed by atoms with van der Waals surface area (Å²) in [5, 5.41) is 0. The van der Waals surface area contributed by atoms with Gasteiger partial charge in [-0.15, -0.1) is 0 Å². The molecule has 2 aromatic rings. The third-order valence-electron chi connectivity index (χ3n) is 4.52. The molecule has 2 atom stereocenters. The van der Waals surface area contributed by atoms with Crippen molar-refractivity contribution in [1.29, 1.82) is 0 Å². The largest absolute Gasteiger partial charge is 0.368 e. The van der Waals surface area contributed by atoms with E-state index in [1.54, 1.807) is 40.7 Å². The molecular weight excluding hydrogens is 317 g/mol. The quantitative estimate of drug-likeness (QED) is 0.805. The van der Waals surface area contributed by atoms with Crippen molar-refractivity contribution in [3.8, 4) is 0 Å². The van der Waals surface area contributed by atoms with Crippen LogP contribution in [0.1, 0.15) is 6.42 Å². The number of pyridine rings is 1. The number of piperazine rings is 1. The average molecular weight is 333 g/mol. The van der Waals surface area contributed by atoms with Crippen molar-refractivity contribution in [2.45, 2.75) is 23.4 Å². The molecule has 3 aliphatic heterocycles. The van der Waals surface area contributed by atoms with E-state index in [9.17, 15) is 12.8 Å². The number of hydrogen-bond donors (Lipinski definition) is 0. The van der Waals surface area contributed by atoms with Gasteiger partial charge in [-0.1, -0.05) is 18.2 Å². The first-order valence-electron chi connectivity index (χ1n) is 7.51. The van der Waals surface area contributed by atoms with Crippen LogP contribution in [0.5, 0.6) is 0 Å². The van der Waals surface area contributed by atoms with Crippen LogP contribution in [0.3, 0.4) is 0 Å². The zero-order chi connectivity index (χ0) is 16.0. The van der Waals surface area contributed by atoms with Gasteiger partial charge in [0, 0.05) is 43.1 Å². The van der Waals surface area contributed by atoms with Crippen LogP contribution in [0.25, 0.3) is 0 Å². The number of sulfonamides is 1. The number of fused-ring (bicyclic) bond motifs is 2. The van der Waals surface area contributed by atoms with Crippen molar-refractivity contribution in [3.63, 3.8) is 0 Å². The molecule has 1 aromatic heterocycles. The Morgan fingerprint density at radius 2 is 1.78 bits per heavy atom. The molecule has 23 heavy (non-hydrogen) atoms. The lowest BCUT2D eigenvalue weighted by Crippen LogP contribution is -2.70. The molecular formula is C16H16FN3O2S. The van der Waals surface area contributed by atoms with E-state index in [4.69, 9.17) is 0 Å². The summed E-state index contributed by atoms with van der Waals surface area (Å²) in [6.45, 7) is 1.15. The summed E-state index contributed by atoms with van der Waals surface area (Å²) < 4.78 is 40.4. The number of nitrogens with zero attached hydrogens (tertiary/aromatic N) is 3. The van der Waals surface area contributed by atoms with E-state index in [0.717, 1.165) is 12.1 Å². The highest BCUT2D eigenvalue weighted by molar-refractivity contribution is 7.89. The Labute approximate surface area is 134 Å². The highest BCUT2D eigenvalue weighted by Gasteiger charge is 2.51. The first-order valence-corrected chi connectivity index (χ1v) is 8.95. The van der Waals surface area contributed by atoms with Crippen LogP contribution in [0.15, 0.2) is 53.6 Å². The van der Waals surface area contributed by atoms with Crippen molar-refractivity contribution < 1.29 is 12.8 Å². The topological polar surface area (TPSA) is 53.5 Å². The van der Waals surface area contributed by atoms with Crippen LogP contribution < -0.4 is 4.90 Å². The predicted octanol–water partition coefficient (Wildman–Crippen LogP) is 1.87. The summed E-state index contributed by atoms with van der Waals surface area (Å²) in [7, 11) is -3.45. The van der Waals surface area contributed by atoms with Crippen LogP contribution in [0.4, 0.5) is 10.1 Å². The average Bonchev–Trinajstić information content (AvgIpc) is 2.55. The smallest absolute Gasteiger partial charge is 0.243 e. The molecule has 3 fully saturated rings. The molecule has 5 nitrogen and oxygen atoms in total. The van der Waals surface area contributed by atoms with Crippen LogP contribution in [-0.4, -0.2) is 42.9 Å². The minimum absolute atomic E-state index is 0.0600. The van der Waals surface area contributed by atoms with Gasteiger partial charge in [0.15, 0.2) is 0 Å². The standard InChI is InChI=1S/C16H16FN3O2S/c17-16-9-12(6-7-18-16)19-10-13-8-14(11-19)20(13)23(21,22)15-4-2-1-3-5-15/h1-7,9,13-14H,8,10-11H2. The maximum Gasteiger partial charge on any atom is 0.243 e. The van der Waals surface area contributed by atoms with Gasteiger partial charge in [0.25, 0.3) is 0 Å². The van der Waals surface area contributed by atoms with Gasteiger partial charge in [0.1, 0.15) is 0 Å². The summed E-state index contributed by atoms with van der Waals surface area (Å²) in [6.07, 6.45) is 2.29. The fraction of sp³-hybridized carbons (Fsp3) is 0.312. The van der Waals surface area contributed by atoms with Gasteiger partial charge in [0.05, 0.1) is 4.90 Å². The van der Waals surface area contributed by atoms with Gasteiger partial charge >= 0.3 is 0 Å². The van der Waals surface area contributed by atoms with Crippen molar-refractivity contribution in [2.24, 2.45) is 0 Å². The maximum absolute atomic E-state index is 13.3. The molecule has 3 aliphatic rings. The first-order chi connectivity index (χ1) is 11.1. The molecule has 4 heterocycles. The zero-order valence-electron chi connectivity index (χ0n) is 12.3. The number of rotatable bonds is 3. The molecule has 1 aromatic carbocycles. The zero-order valence-corrected chi connectivity index (χ0v) is 13.2. The van der Waals surface area contributed by atoms with Gasteiger partial charge in [0.2, 0.25) is 16.0 Å².